The fraction of sp³-hybridized carbons (Fsp3) is 0.455. The molecule has 1 aromatic heterocycles. The Morgan fingerprint density at radius 3 is 2.94 bits per heavy atom. The fourth-order valence-electron chi connectivity index (χ4n) is 1.57. The minimum atomic E-state index is -0.446. The van der Waals surface area contributed by atoms with Gasteiger partial charge in [-0.25, -0.2) is 0 Å². The van der Waals surface area contributed by atoms with Gasteiger partial charge in [0.1, 0.15) is 12.2 Å². The van der Waals surface area contributed by atoms with E-state index in [1.54, 1.807) is 6.07 Å². The van der Waals surface area contributed by atoms with Gasteiger partial charge in [-0.1, -0.05) is 0 Å². The average molecular weight is 222 g/mol. The van der Waals surface area contributed by atoms with Crippen LogP contribution in [0.1, 0.15) is 29.4 Å². The standard InChI is InChI=1S/C11H14N2O3/c1-16-10(14)7-12-11(15)9-3-2-6-13(9)8-4-5-8/h2-3,6,8H,4-5,7H2,1H3,(H,12,15). The van der Waals surface area contributed by atoms with Gasteiger partial charge in [-0.05, 0) is 25.0 Å². The number of rotatable bonds is 4. The number of carbonyl (C=O) groups is 2. The van der Waals surface area contributed by atoms with Crippen molar-refractivity contribution in [2.45, 2.75) is 18.9 Å². The van der Waals surface area contributed by atoms with E-state index in [0.717, 1.165) is 12.8 Å². The monoisotopic (exact) mass is 222 g/mol. The highest BCUT2D eigenvalue weighted by Gasteiger charge is 2.26. The van der Waals surface area contributed by atoms with Crippen molar-refractivity contribution < 1.29 is 14.3 Å². The number of nitrogens with zero attached hydrogens (tertiary/aromatic N) is 1. The molecule has 5 heteroatoms. The van der Waals surface area contributed by atoms with Crippen LogP contribution in [0.3, 0.4) is 0 Å². The SMILES string of the molecule is COC(=O)CNC(=O)c1cccn1C1CC1. The van der Waals surface area contributed by atoms with Crippen molar-refractivity contribution in [3.8, 4) is 0 Å². The zero-order chi connectivity index (χ0) is 11.5. The third kappa shape index (κ3) is 2.24. The third-order valence-corrected chi connectivity index (χ3v) is 2.57. The highest BCUT2D eigenvalue weighted by Crippen LogP contribution is 2.35. The molecule has 16 heavy (non-hydrogen) atoms. The van der Waals surface area contributed by atoms with Crippen LogP contribution in [0.5, 0.6) is 0 Å². The molecule has 1 N–H and O–H groups in total. The van der Waals surface area contributed by atoms with Crippen LogP contribution in [0.15, 0.2) is 18.3 Å². The summed E-state index contributed by atoms with van der Waals surface area (Å²) in [5.41, 5.74) is 0.603. The lowest BCUT2D eigenvalue weighted by Gasteiger charge is -2.07. The number of esters is 1. The molecule has 0 radical (unpaired) electrons. The Hall–Kier alpha value is -1.78. The van der Waals surface area contributed by atoms with Gasteiger partial charge >= 0.3 is 5.97 Å². The van der Waals surface area contributed by atoms with E-state index >= 15 is 0 Å². The Morgan fingerprint density at radius 1 is 1.56 bits per heavy atom. The first-order valence-corrected chi connectivity index (χ1v) is 5.24. The highest BCUT2D eigenvalue weighted by atomic mass is 16.5. The summed E-state index contributed by atoms with van der Waals surface area (Å²) < 4.78 is 6.40. The summed E-state index contributed by atoms with van der Waals surface area (Å²) >= 11 is 0. The van der Waals surface area contributed by atoms with E-state index in [-0.39, 0.29) is 12.5 Å². The van der Waals surface area contributed by atoms with Gasteiger partial charge in [0.05, 0.1) is 7.11 Å². The van der Waals surface area contributed by atoms with Crippen molar-refractivity contribution >= 4 is 11.9 Å². The van der Waals surface area contributed by atoms with E-state index in [1.165, 1.54) is 7.11 Å². The Kier molecular flexibility index (Phi) is 2.94. The average Bonchev–Trinajstić information content (AvgIpc) is 3.03. The van der Waals surface area contributed by atoms with E-state index in [0.29, 0.717) is 11.7 Å². The molecule has 1 aliphatic rings. The van der Waals surface area contributed by atoms with Crippen LogP contribution < -0.4 is 5.32 Å². The molecule has 0 atom stereocenters. The van der Waals surface area contributed by atoms with Crippen LogP contribution in [0.2, 0.25) is 0 Å². The third-order valence-electron chi connectivity index (χ3n) is 2.57. The second-order valence-electron chi connectivity index (χ2n) is 3.79. The Labute approximate surface area is 93.4 Å². The van der Waals surface area contributed by atoms with Crippen molar-refractivity contribution in [2.24, 2.45) is 0 Å². The number of carbonyl (C=O) groups excluding carboxylic acids is 2. The molecule has 0 aromatic carbocycles. The molecule has 0 saturated heterocycles. The lowest BCUT2D eigenvalue weighted by molar-refractivity contribution is -0.139. The van der Waals surface area contributed by atoms with Gasteiger partial charge in [0.2, 0.25) is 0 Å². The van der Waals surface area contributed by atoms with Gasteiger partial charge in [-0.2, -0.15) is 0 Å². The van der Waals surface area contributed by atoms with Crippen LogP contribution in [-0.2, 0) is 9.53 Å². The molecule has 5 nitrogen and oxygen atoms in total. The number of methoxy groups -OCH3 is 1. The maximum atomic E-state index is 11.7. The van der Waals surface area contributed by atoms with E-state index in [9.17, 15) is 9.59 Å². The van der Waals surface area contributed by atoms with Gasteiger partial charge in [-0.3, -0.25) is 9.59 Å². The Balaban J connectivity index is 1.97. The molecule has 0 bridgehead atoms. The van der Waals surface area contributed by atoms with Gasteiger partial charge in [0.25, 0.3) is 5.91 Å². The van der Waals surface area contributed by atoms with Crippen molar-refractivity contribution in [3.63, 3.8) is 0 Å². The Bertz CT molecular complexity index is 407. The lowest BCUT2D eigenvalue weighted by atomic mass is 10.4. The fourth-order valence-corrected chi connectivity index (χ4v) is 1.57. The molecule has 1 aromatic rings. The van der Waals surface area contributed by atoms with Gasteiger partial charge < -0.3 is 14.6 Å². The lowest BCUT2D eigenvalue weighted by Crippen LogP contribution is -2.31. The largest absolute Gasteiger partial charge is 0.468 e. The number of aromatic nitrogens is 1. The molecule has 1 amide bonds. The predicted molar refractivity (Wildman–Crippen MR) is 57.1 cm³/mol. The zero-order valence-corrected chi connectivity index (χ0v) is 9.10. The molecule has 2 rings (SSSR count). The summed E-state index contributed by atoms with van der Waals surface area (Å²) in [6, 6.07) is 4.05. The molecule has 1 aliphatic carbocycles. The van der Waals surface area contributed by atoms with Gasteiger partial charge in [0, 0.05) is 12.2 Å². The zero-order valence-electron chi connectivity index (χ0n) is 9.10. The first kappa shape index (κ1) is 10.7. The van der Waals surface area contributed by atoms with Crippen molar-refractivity contribution in [3.05, 3.63) is 24.0 Å². The van der Waals surface area contributed by atoms with E-state index in [4.69, 9.17) is 0 Å². The molecule has 0 spiro atoms. The topological polar surface area (TPSA) is 60.3 Å². The first-order valence-electron chi connectivity index (χ1n) is 5.24. The summed E-state index contributed by atoms with van der Waals surface area (Å²) in [5, 5.41) is 2.52. The van der Waals surface area contributed by atoms with E-state index < -0.39 is 5.97 Å². The molecule has 1 heterocycles. The highest BCUT2D eigenvalue weighted by molar-refractivity contribution is 5.94. The minimum absolute atomic E-state index is 0.0921. The smallest absolute Gasteiger partial charge is 0.325 e. The summed E-state index contributed by atoms with van der Waals surface area (Å²) in [6.07, 6.45) is 4.13. The quantitative estimate of drug-likeness (QED) is 0.764. The van der Waals surface area contributed by atoms with Crippen molar-refractivity contribution in [2.75, 3.05) is 13.7 Å². The van der Waals surface area contributed by atoms with E-state index in [1.807, 2.05) is 16.8 Å². The number of ether oxygens (including phenoxy) is 1. The maximum absolute atomic E-state index is 11.7. The molecule has 0 unspecified atom stereocenters. The first-order chi connectivity index (χ1) is 7.72. The number of hydrogen-bond donors (Lipinski definition) is 1. The van der Waals surface area contributed by atoms with Gasteiger partial charge in [-0.15, -0.1) is 0 Å². The molecule has 86 valence electrons. The summed E-state index contributed by atoms with van der Waals surface area (Å²) in [6.45, 7) is -0.0921. The van der Waals surface area contributed by atoms with Crippen LogP contribution in [-0.4, -0.2) is 30.1 Å². The molecule has 1 saturated carbocycles. The summed E-state index contributed by atoms with van der Waals surface area (Å²) in [7, 11) is 1.29. The van der Waals surface area contributed by atoms with Crippen molar-refractivity contribution in [1.82, 2.24) is 9.88 Å². The van der Waals surface area contributed by atoms with Crippen LogP contribution >= 0.6 is 0 Å². The number of hydrogen-bond acceptors (Lipinski definition) is 3. The molecule has 0 aliphatic heterocycles. The molecular formula is C11H14N2O3. The van der Waals surface area contributed by atoms with Gasteiger partial charge in [0.15, 0.2) is 0 Å². The molecule has 1 fully saturated rings. The molecular weight excluding hydrogens is 208 g/mol. The maximum Gasteiger partial charge on any atom is 0.325 e. The summed E-state index contributed by atoms with van der Waals surface area (Å²) in [4.78, 5) is 22.6. The second-order valence-corrected chi connectivity index (χ2v) is 3.79. The summed E-state index contributed by atoms with van der Waals surface area (Å²) in [5.74, 6) is -0.680. The van der Waals surface area contributed by atoms with Crippen LogP contribution in [0, 0.1) is 0 Å². The normalized spacial score (nSPS) is 14.6. The van der Waals surface area contributed by atoms with E-state index in [2.05, 4.69) is 10.1 Å². The van der Waals surface area contributed by atoms with Crippen LogP contribution in [0.25, 0.3) is 0 Å². The predicted octanol–water partition coefficient (Wildman–Crippen LogP) is 0.726. The number of amides is 1. The Morgan fingerprint density at radius 2 is 2.31 bits per heavy atom. The number of nitrogens with one attached hydrogen (secondary N) is 1. The minimum Gasteiger partial charge on any atom is -0.468 e. The van der Waals surface area contributed by atoms with Crippen molar-refractivity contribution in [1.29, 1.82) is 0 Å². The van der Waals surface area contributed by atoms with Crippen LogP contribution in [0.4, 0.5) is 0 Å². The second kappa shape index (κ2) is 4.38.